The van der Waals surface area contributed by atoms with Gasteiger partial charge in [-0.15, -0.1) is 0 Å². The number of carboxylic acid groups (broad SMARTS) is 2. The van der Waals surface area contributed by atoms with Gasteiger partial charge in [0.2, 0.25) is 5.89 Å². The van der Waals surface area contributed by atoms with E-state index in [1.54, 1.807) is 6.92 Å². The molecule has 2 amide bonds. The summed E-state index contributed by atoms with van der Waals surface area (Å²) in [5.41, 5.74) is 0. The summed E-state index contributed by atoms with van der Waals surface area (Å²) < 4.78 is 5.02. The van der Waals surface area contributed by atoms with Crippen LogP contribution in [0.1, 0.15) is 39.0 Å². The minimum Gasteiger partial charge on any atom is -0.481 e. The number of aromatic nitrogens is 2. The molecule has 2 rings (SSSR count). The second kappa shape index (κ2) is 11.0. The van der Waals surface area contributed by atoms with E-state index in [4.69, 9.17) is 14.7 Å². The fraction of sp³-hybridized carbons (Fsp3) is 0.667. The van der Waals surface area contributed by atoms with Crippen molar-refractivity contribution in [3.63, 3.8) is 0 Å². The first-order valence-corrected chi connectivity index (χ1v) is 8.49. The van der Waals surface area contributed by atoms with Gasteiger partial charge in [0, 0.05) is 19.5 Å². The molecule has 0 aliphatic carbocycles. The Morgan fingerprint density at radius 1 is 1.26 bits per heavy atom. The summed E-state index contributed by atoms with van der Waals surface area (Å²) >= 11 is 0. The van der Waals surface area contributed by atoms with Crippen molar-refractivity contribution in [2.24, 2.45) is 0 Å². The van der Waals surface area contributed by atoms with Gasteiger partial charge in [0.1, 0.15) is 0 Å². The van der Waals surface area contributed by atoms with E-state index in [1.807, 2.05) is 4.90 Å². The van der Waals surface area contributed by atoms with E-state index in [2.05, 4.69) is 20.8 Å². The molecule has 27 heavy (non-hydrogen) atoms. The Morgan fingerprint density at radius 2 is 1.85 bits per heavy atom. The third-order valence-corrected chi connectivity index (χ3v) is 3.58. The first-order valence-electron chi connectivity index (χ1n) is 8.49. The average molecular weight is 387 g/mol. The predicted octanol–water partition coefficient (Wildman–Crippen LogP) is -0.216. The maximum Gasteiger partial charge on any atom is 0.328 e. The number of urea groups is 1. The molecule has 0 spiro atoms. The lowest BCUT2D eigenvalue weighted by Crippen LogP contribution is -2.51. The van der Waals surface area contributed by atoms with Crippen LogP contribution in [0.25, 0.3) is 0 Å². The highest BCUT2D eigenvalue weighted by Gasteiger charge is 2.25. The number of carbonyl (C=O) groups is 3. The number of rotatable bonds is 7. The summed E-state index contributed by atoms with van der Waals surface area (Å²) in [4.78, 5) is 38.0. The normalized spacial score (nSPS) is 15.3. The summed E-state index contributed by atoms with van der Waals surface area (Å²) in [5.74, 6) is -1.35. The fourth-order valence-electron chi connectivity index (χ4n) is 2.10. The van der Waals surface area contributed by atoms with E-state index in [0.717, 1.165) is 25.9 Å². The molecule has 0 saturated carbocycles. The van der Waals surface area contributed by atoms with Crippen molar-refractivity contribution in [3.8, 4) is 0 Å². The van der Waals surface area contributed by atoms with Crippen molar-refractivity contribution in [2.75, 3.05) is 18.0 Å². The molecule has 0 aromatic carbocycles. The number of aliphatic hydroxyl groups excluding tert-OH is 1. The van der Waals surface area contributed by atoms with Crippen molar-refractivity contribution in [3.05, 3.63) is 5.89 Å². The van der Waals surface area contributed by atoms with Crippen molar-refractivity contribution >= 4 is 23.9 Å². The van der Waals surface area contributed by atoms with Gasteiger partial charge in [-0.1, -0.05) is 6.92 Å². The molecular formula is C15H25N5O7. The third kappa shape index (κ3) is 7.90. The SMILES string of the molecule is CC(O)C(NC(=O)NCc1nc(N2CCCC2)no1)C(=O)O.CCC(=O)O. The third-order valence-electron chi connectivity index (χ3n) is 3.58. The molecule has 2 unspecified atom stereocenters. The van der Waals surface area contributed by atoms with Crippen LogP contribution in [0.2, 0.25) is 0 Å². The Labute approximate surface area is 155 Å². The van der Waals surface area contributed by atoms with E-state index < -0.39 is 30.1 Å². The summed E-state index contributed by atoms with van der Waals surface area (Å²) in [7, 11) is 0. The molecule has 12 heteroatoms. The van der Waals surface area contributed by atoms with Gasteiger partial charge < -0.3 is 35.4 Å². The number of carbonyl (C=O) groups excluding carboxylic acids is 1. The number of nitrogens with zero attached hydrogens (tertiary/aromatic N) is 3. The topological polar surface area (TPSA) is 178 Å². The van der Waals surface area contributed by atoms with Crippen LogP contribution >= 0.6 is 0 Å². The fourth-order valence-corrected chi connectivity index (χ4v) is 2.10. The van der Waals surface area contributed by atoms with E-state index >= 15 is 0 Å². The van der Waals surface area contributed by atoms with Gasteiger partial charge in [0.15, 0.2) is 6.04 Å². The molecule has 152 valence electrons. The smallest absolute Gasteiger partial charge is 0.328 e. The minimum absolute atomic E-state index is 0.0289. The Balaban J connectivity index is 0.000000646. The number of hydrogen-bond donors (Lipinski definition) is 5. The second-order valence-corrected chi connectivity index (χ2v) is 5.81. The molecule has 2 heterocycles. The van der Waals surface area contributed by atoms with Crippen LogP contribution in [-0.2, 0) is 16.1 Å². The number of aliphatic hydroxyl groups is 1. The predicted molar refractivity (Wildman–Crippen MR) is 92.1 cm³/mol. The Kier molecular flexibility index (Phi) is 8.99. The van der Waals surface area contributed by atoms with Gasteiger partial charge in [0.25, 0.3) is 5.95 Å². The van der Waals surface area contributed by atoms with Crippen LogP contribution in [0.5, 0.6) is 0 Å². The molecule has 1 aliphatic rings. The van der Waals surface area contributed by atoms with E-state index in [0.29, 0.717) is 5.95 Å². The largest absolute Gasteiger partial charge is 0.481 e. The maximum atomic E-state index is 11.6. The Hall–Kier alpha value is -2.89. The van der Waals surface area contributed by atoms with Crippen molar-refractivity contribution in [2.45, 2.75) is 51.8 Å². The monoisotopic (exact) mass is 387 g/mol. The molecule has 1 fully saturated rings. The van der Waals surface area contributed by atoms with Crippen molar-refractivity contribution < 1.29 is 34.2 Å². The molecule has 2 atom stereocenters. The van der Waals surface area contributed by atoms with Gasteiger partial charge in [-0.25, -0.2) is 9.59 Å². The molecule has 1 aromatic heterocycles. The zero-order chi connectivity index (χ0) is 20.4. The second-order valence-electron chi connectivity index (χ2n) is 5.81. The molecule has 1 saturated heterocycles. The zero-order valence-corrected chi connectivity index (χ0v) is 15.2. The quantitative estimate of drug-likeness (QED) is 0.420. The lowest BCUT2D eigenvalue weighted by Gasteiger charge is -2.16. The van der Waals surface area contributed by atoms with Crippen molar-refractivity contribution in [1.29, 1.82) is 0 Å². The lowest BCUT2D eigenvalue weighted by molar-refractivity contribution is -0.141. The van der Waals surface area contributed by atoms with E-state index in [-0.39, 0.29) is 18.9 Å². The standard InChI is InChI=1S/C12H19N5O5.C3H6O2/c1-7(18)9(10(19)20)15-12(21)13-6-8-14-11(16-22-8)17-4-2-3-5-17;1-2-3(4)5/h7,9,18H,2-6H2,1H3,(H,19,20)(H2,13,15,21);2H2,1H3,(H,4,5). The Bertz CT molecular complexity index is 628. The molecule has 5 N–H and O–H groups in total. The average Bonchev–Trinajstić information content (AvgIpc) is 3.28. The van der Waals surface area contributed by atoms with Crippen LogP contribution < -0.4 is 15.5 Å². The molecular weight excluding hydrogens is 362 g/mol. The highest BCUT2D eigenvalue weighted by atomic mass is 16.5. The molecule has 12 nitrogen and oxygen atoms in total. The molecule has 0 radical (unpaired) electrons. The number of aliphatic carboxylic acids is 2. The number of carboxylic acids is 2. The van der Waals surface area contributed by atoms with Crippen LogP contribution in [-0.4, -0.2) is 68.7 Å². The number of amides is 2. The van der Waals surface area contributed by atoms with Crippen molar-refractivity contribution in [1.82, 2.24) is 20.8 Å². The first-order chi connectivity index (χ1) is 12.7. The Morgan fingerprint density at radius 3 is 2.33 bits per heavy atom. The van der Waals surface area contributed by atoms with E-state index in [1.165, 1.54) is 6.92 Å². The van der Waals surface area contributed by atoms with Gasteiger partial charge in [-0.05, 0) is 24.9 Å². The summed E-state index contributed by atoms with van der Waals surface area (Å²) in [6.07, 6.45) is 1.18. The van der Waals surface area contributed by atoms with Gasteiger partial charge >= 0.3 is 18.0 Å². The highest BCUT2D eigenvalue weighted by Crippen LogP contribution is 2.15. The van der Waals surface area contributed by atoms with Gasteiger partial charge in [-0.3, -0.25) is 4.79 Å². The summed E-state index contributed by atoms with van der Waals surface area (Å²) in [5, 5.41) is 34.2. The maximum absolute atomic E-state index is 11.6. The van der Waals surface area contributed by atoms with Crippen LogP contribution in [0, 0.1) is 0 Å². The van der Waals surface area contributed by atoms with E-state index in [9.17, 15) is 19.5 Å². The highest BCUT2D eigenvalue weighted by molar-refractivity contribution is 5.82. The lowest BCUT2D eigenvalue weighted by atomic mass is 10.2. The minimum atomic E-state index is -1.39. The van der Waals surface area contributed by atoms with Gasteiger partial charge in [0.05, 0.1) is 12.6 Å². The van der Waals surface area contributed by atoms with Crippen LogP contribution in [0.15, 0.2) is 4.52 Å². The van der Waals surface area contributed by atoms with Gasteiger partial charge in [-0.2, -0.15) is 4.98 Å². The number of nitrogens with one attached hydrogen (secondary N) is 2. The molecule has 1 aromatic rings. The number of anilines is 1. The van der Waals surface area contributed by atoms with Crippen LogP contribution in [0.4, 0.5) is 10.7 Å². The molecule has 1 aliphatic heterocycles. The summed E-state index contributed by atoms with van der Waals surface area (Å²) in [6.45, 7) is 4.60. The van der Waals surface area contributed by atoms with Crippen LogP contribution in [0.3, 0.4) is 0 Å². The zero-order valence-electron chi connectivity index (χ0n) is 15.2. The number of hydrogen-bond acceptors (Lipinski definition) is 8. The molecule has 0 bridgehead atoms. The first kappa shape index (κ1) is 22.2. The summed E-state index contributed by atoms with van der Waals surface area (Å²) in [6, 6.07) is -2.13.